The number of hydrogen-bond acceptors (Lipinski definition) is 5. The molecule has 1 N–H and O–H groups in total. The minimum atomic E-state index is -1.18. The van der Waals surface area contributed by atoms with Gasteiger partial charge in [0, 0.05) is 23.3 Å². The molecule has 0 amide bonds. The van der Waals surface area contributed by atoms with Crippen LogP contribution in [0.25, 0.3) is 0 Å². The van der Waals surface area contributed by atoms with Crippen molar-refractivity contribution < 1.29 is 24.2 Å². The lowest BCUT2D eigenvalue weighted by Crippen LogP contribution is -2.63. The van der Waals surface area contributed by atoms with Crippen molar-refractivity contribution in [3.63, 3.8) is 0 Å². The maximum absolute atomic E-state index is 12.9. The molecule has 31 heavy (non-hydrogen) atoms. The second-order valence-electron chi connectivity index (χ2n) is 10.3. The van der Waals surface area contributed by atoms with Gasteiger partial charge < -0.3 is 9.84 Å². The van der Waals surface area contributed by atoms with Crippen molar-refractivity contribution in [3.8, 4) is 0 Å². The van der Waals surface area contributed by atoms with Crippen molar-refractivity contribution in [1.29, 1.82) is 0 Å². The Morgan fingerprint density at radius 1 is 1.16 bits per heavy atom. The van der Waals surface area contributed by atoms with Crippen LogP contribution in [0.3, 0.4) is 0 Å². The molecule has 0 aliphatic heterocycles. The molecule has 4 aliphatic carbocycles. The average Bonchev–Trinajstić information content (AvgIpc) is 2.99. The molecule has 0 aromatic heterocycles. The van der Waals surface area contributed by atoms with E-state index in [-0.39, 0.29) is 29.3 Å². The van der Waals surface area contributed by atoms with Gasteiger partial charge in [-0.25, -0.2) is 0 Å². The molecule has 8 atom stereocenters. The molecule has 3 saturated carbocycles. The van der Waals surface area contributed by atoms with E-state index < -0.39 is 33.9 Å². The minimum Gasteiger partial charge on any atom is -0.451 e. The zero-order valence-electron chi connectivity index (χ0n) is 18.7. The molecular formula is C25H31ClO5. The Morgan fingerprint density at radius 2 is 1.77 bits per heavy atom. The number of carbonyl (C=O) groups is 3. The highest BCUT2D eigenvalue weighted by Crippen LogP contribution is 2.69. The van der Waals surface area contributed by atoms with Crippen LogP contribution in [0.5, 0.6) is 0 Å². The predicted octanol–water partition coefficient (Wildman–Crippen LogP) is 3.93. The van der Waals surface area contributed by atoms with E-state index in [0.717, 1.165) is 0 Å². The summed E-state index contributed by atoms with van der Waals surface area (Å²) >= 11 is 6.79. The third-order valence-corrected chi connectivity index (χ3v) is 9.74. The molecule has 6 heteroatoms. The van der Waals surface area contributed by atoms with Gasteiger partial charge in [-0.15, -0.1) is 11.6 Å². The Labute approximate surface area is 188 Å². The molecule has 3 fully saturated rings. The van der Waals surface area contributed by atoms with Crippen LogP contribution in [0.2, 0.25) is 0 Å². The number of fused-ring (bicyclic) bond motifs is 5. The number of halogens is 1. The van der Waals surface area contributed by atoms with E-state index in [1.165, 1.54) is 19.9 Å². The second kappa shape index (κ2) is 6.89. The van der Waals surface area contributed by atoms with Crippen LogP contribution >= 0.6 is 11.6 Å². The molecule has 0 aromatic carbocycles. The normalized spacial score (nSPS) is 46.6. The number of hydrogen-bond donors (Lipinski definition) is 1. The summed E-state index contributed by atoms with van der Waals surface area (Å²) in [5.74, 6) is -1.08. The molecule has 0 heterocycles. The molecule has 168 valence electrons. The lowest BCUT2D eigenvalue weighted by molar-refractivity contribution is -0.190. The monoisotopic (exact) mass is 446 g/mol. The number of carbonyl (C=O) groups excluding carboxylic acids is 3. The van der Waals surface area contributed by atoms with Crippen molar-refractivity contribution in [2.24, 2.45) is 28.6 Å². The maximum Gasteiger partial charge on any atom is 0.303 e. The third kappa shape index (κ3) is 2.62. The van der Waals surface area contributed by atoms with Crippen LogP contribution in [-0.2, 0) is 19.1 Å². The van der Waals surface area contributed by atoms with E-state index in [9.17, 15) is 19.5 Å². The maximum atomic E-state index is 12.9. The van der Waals surface area contributed by atoms with Gasteiger partial charge in [0.25, 0.3) is 0 Å². The predicted molar refractivity (Wildman–Crippen MR) is 117 cm³/mol. The topological polar surface area (TPSA) is 80.7 Å². The van der Waals surface area contributed by atoms with Crippen LogP contribution < -0.4 is 0 Å². The van der Waals surface area contributed by atoms with Gasteiger partial charge in [-0.2, -0.15) is 0 Å². The number of ketones is 2. The summed E-state index contributed by atoms with van der Waals surface area (Å²) in [4.78, 5) is 37.3. The first-order valence-corrected chi connectivity index (χ1v) is 11.4. The summed E-state index contributed by atoms with van der Waals surface area (Å²) in [6.45, 7) is 15.1. The number of ether oxygens (including phenoxy) is 1. The Bertz CT molecular complexity index is 950. The summed E-state index contributed by atoms with van der Waals surface area (Å²) in [5.41, 5.74) is -0.583. The van der Waals surface area contributed by atoms with Gasteiger partial charge >= 0.3 is 5.97 Å². The Hall–Kier alpha value is -1.72. The van der Waals surface area contributed by atoms with E-state index >= 15 is 0 Å². The first-order chi connectivity index (χ1) is 14.3. The zero-order valence-corrected chi connectivity index (χ0v) is 19.4. The largest absolute Gasteiger partial charge is 0.451 e. The van der Waals surface area contributed by atoms with Gasteiger partial charge in [0.1, 0.15) is 0 Å². The molecule has 0 bridgehead atoms. The van der Waals surface area contributed by atoms with Gasteiger partial charge in [0.05, 0.1) is 11.5 Å². The fourth-order valence-electron chi connectivity index (χ4n) is 7.61. The van der Waals surface area contributed by atoms with Crippen LogP contribution in [0.1, 0.15) is 53.4 Å². The molecular weight excluding hydrogens is 416 g/mol. The van der Waals surface area contributed by atoms with E-state index in [1.807, 2.05) is 6.92 Å². The number of allylic oxidation sites excluding steroid dienone is 2. The van der Waals surface area contributed by atoms with Crippen molar-refractivity contribution in [1.82, 2.24) is 0 Å². The highest BCUT2D eigenvalue weighted by molar-refractivity contribution is 6.24. The van der Waals surface area contributed by atoms with E-state index in [2.05, 4.69) is 20.1 Å². The Balaban J connectivity index is 1.84. The van der Waals surface area contributed by atoms with Crippen molar-refractivity contribution >= 4 is 29.1 Å². The fraction of sp³-hybridized carbons (Fsp3) is 0.640. The van der Waals surface area contributed by atoms with Gasteiger partial charge in [-0.3, -0.25) is 14.4 Å². The molecule has 5 nitrogen and oxygen atoms in total. The van der Waals surface area contributed by atoms with Crippen molar-refractivity contribution in [2.45, 2.75) is 70.5 Å². The first kappa shape index (κ1) is 22.5. The number of esters is 1. The van der Waals surface area contributed by atoms with Crippen molar-refractivity contribution in [3.05, 3.63) is 36.0 Å². The summed E-state index contributed by atoms with van der Waals surface area (Å²) < 4.78 is 5.77. The van der Waals surface area contributed by atoms with Gasteiger partial charge in [0.15, 0.2) is 17.2 Å². The number of Topliss-reactive ketones (excluding diaryl/α,β-unsaturated/α-hetero) is 1. The molecule has 4 rings (SSSR count). The van der Waals surface area contributed by atoms with E-state index in [0.29, 0.717) is 42.4 Å². The zero-order chi connectivity index (χ0) is 23.1. The average molecular weight is 447 g/mol. The SMILES string of the molecule is C=C1C(=C)[C@@]2(C)C(=CC1=O)C(Cl)C(O)[C@@H]1[C@@H]2CC[C@@]2(C)[C@H]1CC[C@]2(OC(C)=O)C(C)=O. The van der Waals surface area contributed by atoms with Crippen LogP contribution in [0, 0.1) is 28.6 Å². The van der Waals surface area contributed by atoms with Crippen LogP contribution in [-0.4, -0.2) is 39.7 Å². The molecule has 0 spiro atoms. The number of aliphatic hydroxyl groups is 1. The van der Waals surface area contributed by atoms with Crippen molar-refractivity contribution in [2.75, 3.05) is 0 Å². The first-order valence-electron chi connectivity index (χ1n) is 11.0. The number of alkyl halides is 1. The molecule has 2 unspecified atom stereocenters. The van der Waals surface area contributed by atoms with Crippen LogP contribution in [0.15, 0.2) is 36.0 Å². The number of aliphatic hydroxyl groups excluding tert-OH is 1. The standard InChI is InChI=1S/C25H31ClO5/c1-12-13(2)24(6)17-7-9-23(5)16(8-10-25(23,14(3)27)31-15(4)28)20(17)22(30)21(26)18(24)11-19(12)29/h11,16-17,20-22,30H,1-2,7-10H2,3-6H3/t16-,17-,20-,21?,22?,23-,24+,25-/m0/s1. The second-order valence-corrected chi connectivity index (χ2v) is 10.7. The highest BCUT2D eigenvalue weighted by Gasteiger charge is 2.70. The van der Waals surface area contributed by atoms with E-state index in [4.69, 9.17) is 16.3 Å². The Kier molecular flexibility index (Phi) is 4.99. The highest BCUT2D eigenvalue weighted by atomic mass is 35.5. The molecule has 0 aromatic rings. The van der Waals surface area contributed by atoms with E-state index in [1.54, 1.807) is 0 Å². The van der Waals surface area contributed by atoms with Crippen LogP contribution in [0.4, 0.5) is 0 Å². The Morgan fingerprint density at radius 3 is 2.35 bits per heavy atom. The minimum absolute atomic E-state index is 0.000684. The summed E-state index contributed by atoms with van der Waals surface area (Å²) in [6, 6.07) is 0. The molecule has 0 radical (unpaired) electrons. The lowest BCUT2D eigenvalue weighted by Gasteiger charge is -2.61. The lowest BCUT2D eigenvalue weighted by atomic mass is 9.44. The number of rotatable bonds is 2. The third-order valence-electron chi connectivity index (χ3n) is 9.25. The summed E-state index contributed by atoms with van der Waals surface area (Å²) in [6.07, 6.45) is 3.13. The molecule has 0 saturated heterocycles. The van der Waals surface area contributed by atoms with Gasteiger partial charge in [-0.05, 0) is 67.6 Å². The van der Waals surface area contributed by atoms with Gasteiger partial charge in [0.2, 0.25) is 0 Å². The molecule has 4 aliphatic rings. The quantitative estimate of drug-likeness (QED) is 0.395. The summed E-state index contributed by atoms with van der Waals surface area (Å²) in [5, 5.41) is 10.7. The fourth-order valence-corrected chi connectivity index (χ4v) is 8.06. The van der Waals surface area contributed by atoms with Gasteiger partial charge in [-0.1, -0.05) is 27.0 Å². The summed E-state index contributed by atoms with van der Waals surface area (Å²) in [7, 11) is 0. The smallest absolute Gasteiger partial charge is 0.303 e.